The van der Waals surface area contributed by atoms with E-state index in [2.05, 4.69) is 5.32 Å². The number of nitrogens with zero attached hydrogens (tertiary/aromatic N) is 2. The van der Waals surface area contributed by atoms with Gasteiger partial charge in [0, 0.05) is 19.0 Å². The summed E-state index contributed by atoms with van der Waals surface area (Å²) in [6.45, 7) is 1.11. The monoisotopic (exact) mass is 629 g/mol. The van der Waals surface area contributed by atoms with Crippen molar-refractivity contribution in [1.29, 1.82) is 0 Å². The zero-order chi connectivity index (χ0) is 31.9. The van der Waals surface area contributed by atoms with Gasteiger partial charge in [-0.15, -0.1) is 0 Å². The molecule has 4 rings (SSSR count). The van der Waals surface area contributed by atoms with E-state index in [0.717, 1.165) is 67.2 Å². The van der Waals surface area contributed by atoms with Crippen LogP contribution in [0.4, 0.5) is 18.9 Å². The Bertz CT molecular complexity index is 1540. The Balaban J connectivity index is 1.74. The minimum Gasteiger partial charge on any atom is -0.352 e. The van der Waals surface area contributed by atoms with Crippen molar-refractivity contribution in [3.05, 3.63) is 101 Å². The minimum absolute atomic E-state index is 0.00368. The summed E-state index contributed by atoms with van der Waals surface area (Å²) in [5.41, 5.74) is 1.13. The zero-order valence-electron chi connectivity index (χ0n) is 24.9. The van der Waals surface area contributed by atoms with Gasteiger partial charge in [-0.05, 0) is 49.1 Å². The van der Waals surface area contributed by atoms with E-state index in [4.69, 9.17) is 0 Å². The van der Waals surface area contributed by atoms with E-state index in [0.29, 0.717) is 10.4 Å². The SMILES string of the molecule is Cc1cccc(CN(C(=O)CN(c2cccc(C(F)(F)F)c2)S(C)(=O)=O)[C@@H](Cc2ccccc2)C(=O)NC2CCCCC2)c1. The Kier molecular flexibility index (Phi) is 10.7. The Morgan fingerprint density at radius 3 is 2.20 bits per heavy atom. The summed E-state index contributed by atoms with van der Waals surface area (Å²) in [4.78, 5) is 29.5. The van der Waals surface area contributed by atoms with Crippen LogP contribution >= 0.6 is 0 Å². The molecule has 2 amide bonds. The number of carbonyl (C=O) groups excluding carboxylic acids is 2. The first-order chi connectivity index (χ1) is 20.8. The number of amides is 2. The number of hydrogen-bond acceptors (Lipinski definition) is 4. The maximum atomic E-state index is 14.2. The summed E-state index contributed by atoms with van der Waals surface area (Å²) in [6.07, 6.45) is 1.01. The predicted molar refractivity (Wildman–Crippen MR) is 164 cm³/mol. The molecule has 0 unspecified atom stereocenters. The van der Waals surface area contributed by atoms with Crippen molar-refractivity contribution in [3.63, 3.8) is 0 Å². The van der Waals surface area contributed by atoms with E-state index in [1.165, 1.54) is 11.0 Å². The first-order valence-electron chi connectivity index (χ1n) is 14.7. The van der Waals surface area contributed by atoms with Crippen LogP contribution in [0.25, 0.3) is 0 Å². The topological polar surface area (TPSA) is 86.8 Å². The van der Waals surface area contributed by atoms with Crippen LogP contribution in [-0.2, 0) is 38.8 Å². The van der Waals surface area contributed by atoms with Crippen LogP contribution in [0.1, 0.15) is 54.4 Å². The number of carbonyl (C=O) groups is 2. The van der Waals surface area contributed by atoms with Gasteiger partial charge in [0.15, 0.2) is 0 Å². The number of benzene rings is 3. The molecule has 236 valence electrons. The van der Waals surface area contributed by atoms with Crippen molar-refractivity contribution >= 4 is 27.5 Å². The van der Waals surface area contributed by atoms with Crippen LogP contribution in [0.15, 0.2) is 78.9 Å². The summed E-state index contributed by atoms with van der Waals surface area (Å²) in [5.74, 6) is -1.07. The third-order valence-electron chi connectivity index (χ3n) is 7.80. The number of halogens is 3. The van der Waals surface area contributed by atoms with Crippen LogP contribution in [0.3, 0.4) is 0 Å². The minimum atomic E-state index is -4.71. The lowest BCUT2D eigenvalue weighted by molar-refractivity contribution is -0.140. The molecule has 44 heavy (non-hydrogen) atoms. The maximum absolute atomic E-state index is 14.2. The van der Waals surface area contributed by atoms with Crippen molar-refractivity contribution in [2.45, 2.75) is 70.3 Å². The lowest BCUT2D eigenvalue weighted by atomic mass is 9.94. The Labute approximate surface area is 257 Å². The summed E-state index contributed by atoms with van der Waals surface area (Å²) in [7, 11) is -4.20. The number of hydrogen-bond donors (Lipinski definition) is 1. The van der Waals surface area contributed by atoms with E-state index in [-0.39, 0.29) is 30.6 Å². The second-order valence-corrected chi connectivity index (χ2v) is 13.3. The molecule has 1 aliphatic carbocycles. The van der Waals surface area contributed by atoms with Gasteiger partial charge in [-0.25, -0.2) is 8.42 Å². The molecule has 1 fully saturated rings. The number of nitrogens with one attached hydrogen (secondary N) is 1. The van der Waals surface area contributed by atoms with Gasteiger partial charge in [-0.2, -0.15) is 13.2 Å². The molecule has 0 radical (unpaired) electrons. The molecule has 0 aromatic heterocycles. The van der Waals surface area contributed by atoms with Gasteiger partial charge < -0.3 is 10.2 Å². The zero-order valence-corrected chi connectivity index (χ0v) is 25.7. The molecule has 0 spiro atoms. The van der Waals surface area contributed by atoms with Crippen molar-refractivity contribution < 1.29 is 31.2 Å². The molecule has 7 nitrogen and oxygen atoms in total. The molecule has 3 aromatic rings. The fourth-order valence-electron chi connectivity index (χ4n) is 5.56. The standard InChI is InChI=1S/C33H38F3N3O4S/c1-24-11-9-14-26(19-24)22-38(30(20-25-12-5-3-6-13-25)32(41)37-28-16-7-4-8-17-28)31(40)23-39(44(2,42)43)29-18-10-15-27(21-29)33(34,35)36/h3,5-6,9-15,18-19,21,28,30H,4,7-8,16-17,20,22-23H2,1-2H3,(H,37,41)/t30-/m0/s1. The van der Waals surface area contributed by atoms with Crippen molar-refractivity contribution in [3.8, 4) is 0 Å². The third-order valence-corrected chi connectivity index (χ3v) is 8.94. The van der Waals surface area contributed by atoms with E-state index in [1.54, 1.807) is 0 Å². The first-order valence-corrected chi connectivity index (χ1v) is 16.5. The van der Waals surface area contributed by atoms with Gasteiger partial charge in [0.2, 0.25) is 21.8 Å². The molecule has 1 atom stereocenters. The number of sulfonamides is 1. The van der Waals surface area contributed by atoms with Gasteiger partial charge in [0.25, 0.3) is 0 Å². The number of aryl methyl sites for hydroxylation is 1. The number of rotatable bonds is 11. The normalized spacial score (nSPS) is 14.9. The molecule has 0 bridgehead atoms. The van der Waals surface area contributed by atoms with Crippen LogP contribution in [0, 0.1) is 6.92 Å². The smallest absolute Gasteiger partial charge is 0.352 e. The molecule has 11 heteroatoms. The molecule has 0 aliphatic heterocycles. The lowest BCUT2D eigenvalue weighted by Gasteiger charge is -2.35. The Morgan fingerprint density at radius 1 is 0.909 bits per heavy atom. The van der Waals surface area contributed by atoms with Gasteiger partial charge in [0.1, 0.15) is 12.6 Å². The fourth-order valence-corrected chi connectivity index (χ4v) is 6.40. The van der Waals surface area contributed by atoms with E-state index in [1.807, 2.05) is 61.5 Å². The van der Waals surface area contributed by atoms with Crippen molar-refractivity contribution in [1.82, 2.24) is 10.2 Å². The van der Waals surface area contributed by atoms with Crippen molar-refractivity contribution in [2.75, 3.05) is 17.1 Å². The first kappa shape index (κ1) is 33.0. The Hall–Kier alpha value is -3.86. The molecule has 1 saturated carbocycles. The molecule has 1 aliphatic rings. The predicted octanol–water partition coefficient (Wildman–Crippen LogP) is 5.87. The van der Waals surface area contributed by atoms with Crippen LogP contribution < -0.4 is 9.62 Å². The molecule has 3 aromatic carbocycles. The van der Waals surface area contributed by atoms with Gasteiger partial charge in [-0.1, -0.05) is 85.5 Å². The molecule has 0 heterocycles. The maximum Gasteiger partial charge on any atom is 0.416 e. The van der Waals surface area contributed by atoms with Gasteiger partial charge in [0.05, 0.1) is 17.5 Å². The highest BCUT2D eigenvalue weighted by Gasteiger charge is 2.35. The highest BCUT2D eigenvalue weighted by atomic mass is 32.2. The molecule has 0 saturated heterocycles. The average Bonchev–Trinajstić information content (AvgIpc) is 2.97. The summed E-state index contributed by atoms with van der Waals surface area (Å²) in [6, 6.07) is 19.4. The van der Waals surface area contributed by atoms with Gasteiger partial charge in [-0.3, -0.25) is 13.9 Å². The van der Waals surface area contributed by atoms with Crippen LogP contribution in [-0.4, -0.2) is 50.0 Å². The third kappa shape index (κ3) is 9.07. The fraction of sp³-hybridized carbons (Fsp3) is 0.394. The second kappa shape index (κ2) is 14.3. The molecular formula is C33H38F3N3O4S. The summed E-state index contributed by atoms with van der Waals surface area (Å²) < 4.78 is 67.0. The number of anilines is 1. The van der Waals surface area contributed by atoms with E-state index < -0.39 is 40.3 Å². The second-order valence-electron chi connectivity index (χ2n) is 11.4. The number of alkyl halides is 3. The Morgan fingerprint density at radius 2 is 1.57 bits per heavy atom. The molecule has 1 N–H and O–H groups in total. The van der Waals surface area contributed by atoms with Crippen molar-refractivity contribution in [2.24, 2.45) is 0 Å². The summed E-state index contributed by atoms with van der Waals surface area (Å²) in [5, 5.41) is 3.12. The van der Waals surface area contributed by atoms with Gasteiger partial charge >= 0.3 is 6.18 Å². The molecular weight excluding hydrogens is 591 g/mol. The average molecular weight is 630 g/mol. The van der Waals surface area contributed by atoms with E-state index in [9.17, 15) is 31.2 Å². The quantitative estimate of drug-likeness (QED) is 0.288. The highest BCUT2D eigenvalue weighted by molar-refractivity contribution is 7.92. The van der Waals surface area contributed by atoms with Crippen LogP contribution in [0.2, 0.25) is 0 Å². The largest absolute Gasteiger partial charge is 0.416 e. The highest BCUT2D eigenvalue weighted by Crippen LogP contribution is 2.32. The lowest BCUT2D eigenvalue weighted by Crippen LogP contribution is -2.55. The van der Waals surface area contributed by atoms with E-state index >= 15 is 0 Å². The summed E-state index contributed by atoms with van der Waals surface area (Å²) >= 11 is 0. The van der Waals surface area contributed by atoms with Crippen LogP contribution in [0.5, 0.6) is 0 Å².